The monoisotopic (exact) mass is 328 g/mol. The Morgan fingerprint density at radius 3 is 2.52 bits per heavy atom. The van der Waals surface area contributed by atoms with Gasteiger partial charge in [-0.1, -0.05) is 42.5 Å². The average Bonchev–Trinajstić information content (AvgIpc) is 3.03. The van der Waals surface area contributed by atoms with Crippen LogP contribution >= 0.6 is 0 Å². The smallest absolute Gasteiger partial charge is 0.131 e. The second-order valence-electron chi connectivity index (χ2n) is 5.66. The first kappa shape index (κ1) is 15.0. The predicted molar refractivity (Wildman–Crippen MR) is 99.6 cm³/mol. The fourth-order valence-corrected chi connectivity index (χ4v) is 2.63. The summed E-state index contributed by atoms with van der Waals surface area (Å²) in [5.74, 6) is 1.44. The number of hydrogen-bond donors (Lipinski definition) is 2. The number of benzene rings is 3. The van der Waals surface area contributed by atoms with Gasteiger partial charge in [-0.05, 0) is 35.9 Å². The van der Waals surface area contributed by atoms with Crippen molar-refractivity contribution in [2.75, 3.05) is 0 Å². The summed E-state index contributed by atoms with van der Waals surface area (Å²) in [6.45, 7) is 0. The third kappa shape index (κ3) is 3.38. The Morgan fingerprint density at radius 2 is 1.68 bits per heavy atom. The van der Waals surface area contributed by atoms with Gasteiger partial charge in [0.05, 0.1) is 11.2 Å². The number of phenols is 1. The Labute approximate surface area is 145 Å². The number of aromatic amines is 1. The second-order valence-corrected chi connectivity index (χ2v) is 5.66. The number of ether oxygens (including phenoxy) is 1. The van der Waals surface area contributed by atoms with Crippen molar-refractivity contribution in [1.82, 2.24) is 10.2 Å². The molecule has 4 rings (SSSR count). The number of fused-ring (bicyclic) bond motifs is 1. The molecule has 0 spiro atoms. The molecule has 0 radical (unpaired) electrons. The highest BCUT2D eigenvalue weighted by Crippen LogP contribution is 2.28. The Balaban J connectivity index is 1.59. The van der Waals surface area contributed by atoms with Gasteiger partial charge < -0.3 is 9.84 Å². The number of rotatable bonds is 4. The minimum atomic E-state index is 0.174. The van der Waals surface area contributed by atoms with E-state index in [2.05, 4.69) is 10.2 Å². The highest BCUT2D eigenvalue weighted by molar-refractivity contribution is 5.90. The normalized spacial score (nSPS) is 11.2. The lowest BCUT2D eigenvalue weighted by molar-refractivity contribution is 0.455. The molecular formula is C21H16N2O2. The van der Waals surface area contributed by atoms with Gasteiger partial charge in [0.1, 0.15) is 17.2 Å². The summed E-state index contributed by atoms with van der Waals surface area (Å²) >= 11 is 0. The Bertz CT molecular complexity index is 1040. The summed E-state index contributed by atoms with van der Waals surface area (Å²) in [6.07, 6.45) is 4.02. The van der Waals surface area contributed by atoms with Crippen LogP contribution in [-0.2, 0) is 0 Å². The minimum absolute atomic E-state index is 0.174. The molecule has 0 saturated carbocycles. The molecular weight excluding hydrogens is 312 g/mol. The molecule has 4 nitrogen and oxygen atoms in total. The predicted octanol–water partition coefficient (Wildman–Crippen LogP) is 5.23. The van der Waals surface area contributed by atoms with E-state index in [4.69, 9.17) is 4.74 Å². The van der Waals surface area contributed by atoms with Gasteiger partial charge in [-0.25, -0.2) is 0 Å². The summed E-state index contributed by atoms with van der Waals surface area (Å²) in [7, 11) is 0. The van der Waals surface area contributed by atoms with Crippen LogP contribution in [0.25, 0.3) is 23.1 Å². The van der Waals surface area contributed by atoms with Gasteiger partial charge in [0.2, 0.25) is 0 Å². The van der Waals surface area contributed by atoms with Crippen LogP contribution in [0.2, 0.25) is 0 Å². The minimum Gasteiger partial charge on any atom is -0.508 e. The van der Waals surface area contributed by atoms with Crippen molar-refractivity contribution in [3.05, 3.63) is 84.1 Å². The first-order valence-corrected chi connectivity index (χ1v) is 7.96. The van der Waals surface area contributed by atoms with E-state index in [1.165, 1.54) is 0 Å². The first-order chi connectivity index (χ1) is 12.3. The molecule has 0 aliphatic rings. The molecule has 0 fully saturated rings. The van der Waals surface area contributed by atoms with Crippen LogP contribution in [0.4, 0.5) is 0 Å². The molecule has 0 atom stereocenters. The molecule has 1 heterocycles. The standard InChI is InChI=1S/C21H16N2O2/c24-16-7-4-8-17(13-16)25-18-10-11-19-20(22-23-21(19)14-18)12-9-15-5-2-1-3-6-15/h1-14,24H,(H,22,23). The number of H-pyrrole nitrogens is 1. The van der Waals surface area contributed by atoms with Crippen LogP contribution in [0.5, 0.6) is 17.2 Å². The lowest BCUT2D eigenvalue weighted by Crippen LogP contribution is -1.83. The molecule has 3 aromatic carbocycles. The van der Waals surface area contributed by atoms with E-state index in [0.29, 0.717) is 11.5 Å². The molecule has 2 N–H and O–H groups in total. The number of nitrogens with zero attached hydrogens (tertiary/aromatic N) is 1. The Kier molecular flexibility index (Phi) is 3.92. The number of nitrogens with one attached hydrogen (secondary N) is 1. The zero-order valence-electron chi connectivity index (χ0n) is 13.4. The first-order valence-electron chi connectivity index (χ1n) is 7.96. The van der Waals surface area contributed by atoms with Crippen molar-refractivity contribution >= 4 is 23.1 Å². The maximum Gasteiger partial charge on any atom is 0.131 e. The Hall–Kier alpha value is -3.53. The molecule has 122 valence electrons. The van der Waals surface area contributed by atoms with Gasteiger partial charge in [-0.2, -0.15) is 5.10 Å². The fraction of sp³-hybridized carbons (Fsp3) is 0. The van der Waals surface area contributed by atoms with Crippen LogP contribution in [-0.4, -0.2) is 15.3 Å². The van der Waals surface area contributed by atoms with E-state index < -0.39 is 0 Å². The summed E-state index contributed by atoms with van der Waals surface area (Å²) < 4.78 is 5.78. The quantitative estimate of drug-likeness (QED) is 0.539. The van der Waals surface area contributed by atoms with Crippen molar-refractivity contribution in [2.24, 2.45) is 0 Å². The molecule has 4 aromatic rings. The maximum absolute atomic E-state index is 9.52. The molecule has 0 saturated heterocycles. The topological polar surface area (TPSA) is 58.1 Å². The zero-order valence-corrected chi connectivity index (χ0v) is 13.4. The molecule has 0 amide bonds. The van der Waals surface area contributed by atoms with Crippen molar-refractivity contribution < 1.29 is 9.84 Å². The molecule has 1 aromatic heterocycles. The van der Waals surface area contributed by atoms with Gasteiger partial charge >= 0.3 is 0 Å². The van der Waals surface area contributed by atoms with E-state index in [1.54, 1.807) is 24.3 Å². The van der Waals surface area contributed by atoms with Crippen molar-refractivity contribution in [1.29, 1.82) is 0 Å². The zero-order chi connectivity index (χ0) is 17.1. The van der Waals surface area contributed by atoms with Gasteiger partial charge in [-0.15, -0.1) is 0 Å². The summed E-state index contributed by atoms with van der Waals surface area (Å²) in [5, 5.41) is 17.9. The number of aromatic nitrogens is 2. The third-order valence-electron chi connectivity index (χ3n) is 3.85. The fourth-order valence-electron chi connectivity index (χ4n) is 2.63. The lowest BCUT2D eigenvalue weighted by Gasteiger charge is -2.05. The van der Waals surface area contributed by atoms with Crippen LogP contribution in [0.15, 0.2) is 72.8 Å². The van der Waals surface area contributed by atoms with E-state index in [-0.39, 0.29) is 5.75 Å². The summed E-state index contributed by atoms with van der Waals surface area (Å²) in [4.78, 5) is 0. The molecule has 0 aliphatic heterocycles. The highest BCUT2D eigenvalue weighted by Gasteiger charge is 2.05. The Morgan fingerprint density at radius 1 is 0.840 bits per heavy atom. The van der Waals surface area contributed by atoms with Gasteiger partial charge in [0.25, 0.3) is 0 Å². The summed E-state index contributed by atoms with van der Waals surface area (Å²) in [6, 6.07) is 22.6. The lowest BCUT2D eigenvalue weighted by atomic mass is 10.1. The van der Waals surface area contributed by atoms with Gasteiger partial charge in [-0.3, -0.25) is 5.10 Å². The van der Waals surface area contributed by atoms with Crippen LogP contribution < -0.4 is 4.74 Å². The van der Waals surface area contributed by atoms with Gasteiger partial charge in [0.15, 0.2) is 0 Å². The highest BCUT2D eigenvalue weighted by atomic mass is 16.5. The number of hydrogen-bond acceptors (Lipinski definition) is 3. The molecule has 25 heavy (non-hydrogen) atoms. The van der Waals surface area contributed by atoms with Crippen LogP contribution in [0.1, 0.15) is 11.3 Å². The SMILES string of the molecule is Oc1cccc(Oc2ccc3c(C=Cc4ccccc4)n[nH]c3c2)c1. The van der Waals surface area contributed by atoms with E-state index in [1.807, 2.05) is 60.7 Å². The van der Waals surface area contributed by atoms with Crippen molar-refractivity contribution in [2.45, 2.75) is 0 Å². The van der Waals surface area contributed by atoms with Crippen molar-refractivity contribution in [3.63, 3.8) is 0 Å². The average molecular weight is 328 g/mol. The largest absolute Gasteiger partial charge is 0.508 e. The van der Waals surface area contributed by atoms with Crippen molar-refractivity contribution in [3.8, 4) is 17.2 Å². The van der Waals surface area contributed by atoms with Crippen LogP contribution in [0.3, 0.4) is 0 Å². The maximum atomic E-state index is 9.52. The van der Waals surface area contributed by atoms with E-state index in [9.17, 15) is 5.11 Å². The molecule has 0 bridgehead atoms. The number of aromatic hydroxyl groups is 1. The van der Waals surface area contributed by atoms with Crippen LogP contribution in [0, 0.1) is 0 Å². The van der Waals surface area contributed by atoms with E-state index in [0.717, 1.165) is 22.2 Å². The number of phenolic OH excluding ortho intramolecular Hbond substituents is 1. The van der Waals surface area contributed by atoms with Gasteiger partial charge in [0, 0.05) is 17.5 Å². The second kappa shape index (κ2) is 6.53. The third-order valence-corrected chi connectivity index (χ3v) is 3.85. The molecule has 0 unspecified atom stereocenters. The molecule has 4 heteroatoms. The van der Waals surface area contributed by atoms with E-state index >= 15 is 0 Å². The molecule has 0 aliphatic carbocycles. The summed E-state index contributed by atoms with van der Waals surface area (Å²) in [5.41, 5.74) is 2.90.